The number of aryl methyl sites for hydroxylation is 1. The third-order valence-corrected chi connectivity index (χ3v) is 3.20. The average molecular weight is 235 g/mol. The van der Waals surface area contributed by atoms with Crippen LogP contribution in [0.15, 0.2) is 18.5 Å². The fourth-order valence-corrected chi connectivity index (χ4v) is 2.17. The van der Waals surface area contributed by atoms with Crippen molar-refractivity contribution in [3.63, 3.8) is 0 Å². The van der Waals surface area contributed by atoms with Crippen molar-refractivity contribution in [3.05, 3.63) is 24.0 Å². The molecule has 1 fully saturated rings. The maximum atomic E-state index is 11.9. The summed E-state index contributed by atoms with van der Waals surface area (Å²) in [6.45, 7) is 1.74. The second kappa shape index (κ2) is 4.71. The first-order valence-electron chi connectivity index (χ1n) is 5.73. The number of amides is 1. The van der Waals surface area contributed by atoms with Gasteiger partial charge in [-0.3, -0.25) is 14.5 Å². The molecule has 0 aromatic carbocycles. The zero-order valence-electron chi connectivity index (χ0n) is 9.93. The Balaban J connectivity index is 1.90. The van der Waals surface area contributed by atoms with Crippen LogP contribution in [0.25, 0.3) is 0 Å². The maximum absolute atomic E-state index is 11.9. The van der Waals surface area contributed by atoms with E-state index in [0.29, 0.717) is 13.1 Å². The summed E-state index contributed by atoms with van der Waals surface area (Å²) >= 11 is 0. The molecule has 1 amide bonds. The molecule has 1 saturated heterocycles. The van der Waals surface area contributed by atoms with Gasteiger partial charge in [0, 0.05) is 31.5 Å². The normalized spacial score (nSPS) is 20.6. The van der Waals surface area contributed by atoms with Crippen molar-refractivity contribution in [2.24, 2.45) is 18.7 Å². The van der Waals surface area contributed by atoms with Crippen LogP contribution < -0.4 is 5.73 Å². The van der Waals surface area contributed by atoms with E-state index in [0.717, 1.165) is 18.5 Å². The zero-order valence-corrected chi connectivity index (χ0v) is 9.93. The SMILES string of the molecule is Cn1ccc(C(=O)CN2CCC(C(N)=O)C2)c1. The lowest BCUT2D eigenvalue weighted by atomic mass is 10.1. The van der Waals surface area contributed by atoms with Gasteiger partial charge in [0.15, 0.2) is 5.78 Å². The monoisotopic (exact) mass is 235 g/mol. The van der Waals surface area contributed by atoms with E-state index in [9.17, 15) is 9.59 Å². The third-order valence-electron chi connectivity index (χ3n) is 3.20. The van der Waals surface area contributed by atoms with Crippen LogP contribution in [0.1, 0.15) is 16.8 Å². The summed E-state index contributed by atoms with van der Waals surface area (Å²) in [5.74, 6) is -0.269. The molecule has 1 atom stereocenters. The van der Waals surface area contributed by atoms with E-state index in [4.69, 9.17) is 5.73 Å². The molecule has 2 heterocycles. The fraction of sp³-hybridized carbons (Fsp3) is 0.500. The minimum atomic E-state index is -0.264. The number of carbonyl (C=O) groups excluding carboxylic acids is 2. The van der Waals surface area contributed by atoms with Crippen LogP contribution in [-0.4, -0.2) is 40.8 Å². The summed E-state index contributed by atoms with van der Waals surface area (Å²) in [4.78, 5) is 24.9. The molecule has 2 N–H and O–H groups in total. The van der Waals surface area contributed by atoms with Gasteiger partial charge in [0.05, 0.1) is 12.5 Å². The number of rotatable bonds is 4. The van der Waals surface area contributed by atoms with Gasteiger partial charge in [0.2, 0.25) is 5.91 Å². The first kappa shape index (κ1) is 11.9. The molecule has 0 saturated carbocycles. The summed E-state index contributed by atoms with van der Waals surface area (Å²) in [7, 11) is 1.88. The molecule has 0 aliphatic carbocycles. The molecule has 2 rings (SSSR count). The van der Waals surface area contributed by atoms with E-state index in [1.807, 2.05) is 35.0 Å². The van der Waals surface area contributed by atoms with Crippen molar-refractivity contribution in [2.45, 2.75) is 6.42 Å². The Hall–Kier alpha value is -1.62. The van der Waals surface area contributed by atoms with E-state index in [2.05, 4.69) is 0 Å². The molecule has 92 valence electrons. The summed E-state index contributed by atoms with van der Waals surface area (Å²) in [6.07, 6.45) is 4.42. The number of primary amides is 1. The number of nitrogens with two attached hydrogens (primary N) is 1. The van der Waals surface area contributed by atoms with Crippen LogP contribution in [0.3, 0.4) is 0 Å². The number of ketones is 1. The second-order valence-electron chi connectivity index (χ2n) is 4.61. The van der Waals surface area contributed by atoms with Gasteiger partial charge in [-0.25, -0.2) is 0 Å². The molecule has 1 unspecified atom stereocenters. The van der Waals surface area contributed by atoms with Gasteiger partial charge in [-0.1, -0.05) is 0 Å². The van der Waals surface area contributed by atoms with E-state index >= 15 is 0 Å². The van der Waals surface area contributed by atoms with Gasteiger partial charge in [0.25, 0.3) is 0 Å². The number of hydrogen-bond acceptors (Lipinski definition) is 3. The summed E-state index contributed by atoms with van der Waals surface area (Å²) in [5, 5.41) is 0. The number of aromatic nitrogens is 1. The van der Waals surface area contributed by atoms with E-state index in [1.54, 1.807) is 0 Å². The Labute approximate surface area is 100 Å². The Kier molecular flexibility index (Phi) is 3.28. The number of likely N-dealkylation sites (tertiary alicyclic amines) is 1. The predicted octanol–water partition coefficient (Wildman–Crippen LogP) is 0.0150. The lowest BCUT2D eigenvalue weighted by molar-refractivity contribution is -0.121. The molecular formula is C12H17N3O2. The summed E-state index contributed by atoms with van der Waals surface area (Å²) in [5.41, 5.74) is 5.97. The van der Waals surface area contributed by atoms with Gasteiger partial charge >= 0.3 is 0 Å². The number of carbonyl (C=O) groups is 2. The zero-order chi connectivity index (χ0) is 12.4. The van der Waals surface area contributed by atoms with Gasteiger partial charge in [-0.2, -0.15) is 0 Å². The Bertz CT molecular complexity index is 439. The van der Waals surface area contributed by atoms with Gasteiger partial charge in [-0.05, 0) is 19.0 Å². The highest BCUT2D eigenvalue weighted by atomic mass is 16.1. The molecule has 17 heavy (non-hydrogen) atoms. The minimum absolute atomic E-state index is 0.0933. The minimum Gasteiger partial charge on any atom is -0.369 e. The van der Waals surface area contributed by atoms with Crippen LogP contribution in [0.4, 0.5) is 0 Å². The largest absolute Gasteiger partial charge is 0.369 e. The van der Waals surface area contributed by atoms with E-state index < -0.39 is 0 Å². The van der Waals surface area contributed by atoms with Crippen molar-refractivity contribution in [3.8, 4) is 0 Å². The molecular weight excluding hydrogens is 218 g/mol. The predicted molar refractivity (Wildman–Crippen MR) is 63.5 cm³/mol. The molecule has 0 radical (unpaired) electrons. The molecule has 1 aliphatic heterocycles. The molecule has 5 heteroatoms. The highest BCUT2D eigenvalue weighted by molar-refractivity contribution is 5.97. The Morgan fingerprint density at radius 2 is 2.29 bits per heavy atom. The van der Waals surface area contributed by atoms with Crippen molar-refractivity contribution in [2.75, 3.05) is 19.6 Å². The third kappa shape index (κ3) is 2.74. The number of nitrogens with zero attached hydrogens (tertiary/aromatic N) is 2. The van der Waals surface area contributed by atoms with Gasteiger partial charge < -0.3 is 10.3 Å². The fourth-order valence-electron chi connectivity index (χ4n) is 2.17. The first-order valence-corrected chi connectivity index (χ1v) is 5.73. The van der Waals surface area contributed by atoms with Crippen molar-refractivity contribution in [1.29, 1.82) is 0 Å². The standard InChI is InChI=1S/C12H17N3O2/c1-14-4-2-9(6-14)11(16)8-15-5-3-10(7-15)12(13)17/h2,4,6,10H,3,5,7-8H2,1H3,(H2,13,17). The molecule has 1 aromatic rings. The van der Waals surface area contributed by atoms with Crippen LogP contribution in [-0.2, 0) is 11.8 Å². The summed E-state index contributed by atoms with van der Waals surface area (Å²) < 4.78 is 1.85. The van der Waals surface area contributed by atoms with E-state index in [-0.39, 0.29) is 17.6 Å². The highest BCUT2D eigenvalue weighted by Crippen LogP contribution is 2.16. The van der Waals surface area contributed by atoms with Crippen LogP contribution in [0, 0.1) is 5.92 Å². The van der Waals surface area contributed by atoms with Crippen molar-refractivity contribution >= 4 is 11.7 Å². The maximum Gasteiger partial charge on any atom is 0.221 e. The Morgan fingerprint density at radius 1 is 1.53 bits per heavy atom. The smallest absolute Gasteiger partial charge is 0.221 e. The lowest BCUT2D eigenvalue weighted by Crippen LogP contribution is -2.30. The lowest BCUT2D eigenvalue weighted by Gasteiger charge is -2.13. The number of Topliss-reactive ketones (excluding diaryl/α,β-unsaturated/α-hetero) is 1. The first-order chi connectivity index (χ1) is 8.06. The van der Waals surface area contributed by atoms with E-state index in [1.165, 1.54) is 0 Å². The summed E-state index contributed by atoms with van der Waals surface area (Å²) in [6, 6.07) is 1.81. The molecule has 0 spiro atoms. The van der Waals surface area contributed by atoms with Gasteiger partial charge in [0.1, 0.15) is 0 Å². The van der Waals surface area contributed by atoms with Crippen molar-refractivity contribution in [1.82, 2.24) is 9.47 Å². The van der Waals surface area contributed by atoms with Crippen LogP contribution in [0.2, 0.25) is 0 Å². The molecule has 1 aromatic heterocycles. The quantitative estimate of drug-likeness (QED) is 0.748. The highest BCUT2D eigenvalue weighted by Gasteiger charge is 2.27. The van der Waals surface area contributed by atoms with Gasteiger partial charge in [-0.15, -0.1) is 0 Å². The molecule has 1 aliphatic rings. The number of hydrogen-bond donors (Lipinski definition) is 1. The van der Waals surface area contributed by atoms with Crippen LogP contribution in [0.5, 0.6) is 0 Å². The Morgan fingerprint density at radius 3 is 2.82 bits per heavy atom. The average Bonchev–Trinajstić information content (AvgIpc) is 2.86. The van der Waals surface area contributed by atoms with Crippen molar-refractivity contribution < 1.29 is 9.59 Å². The molecule has 5 nitrogen and oxygen atoms in total. The topological polar surface area (TPSA) is 68.3 Å². The second-order valence-corrected chi connectivity index (χ2v) is 4.61. The molecule has 0 bridgehead atoms. The van der Waals surface area contributed by atoms with Crippen LogP contribution >= 0.6 is 0 Å².